The van der Waals surface area contributed by atoms with Gasteiger partial charge in [-0.15, -0.1) is 10.2 Å². The number of fused-ring (bicyclic) bond motifs is 1. The number of nitrogens with zero attached hydrogens (tertiary/aromatic N) is 3. The second kappa shape index (κ2) is 5.80. The molecule has 7 nitrogen and oxygen atoms in total. The molecule has 1 aromatic carbocycles. The molecular formula is C15H15N5O2. The molecule has 0 aliphatic heterocycles. The van der Waals surface area contributed by atoms with Gasteiger partial charge in [0.2, 0.25) is 5.65 Å². The Morgan fingerprint density at radius 3 is 2.77 bits per heavy atom. The highest BCUT2D eigenvalue weighted by atomic mass is 16.1. The average Bonchev–Trinajstić information content (AvgIpc) is 2.97. The Morgan fingerprint density at radius 1 is 1.27 bits per heavy atom. The molecule has 0 aliphatic carbocycles. The molecule has 0 fully saturated rings. The Bertz CT molecular complexity index is 864. The molecule has 0 aliphatic rings. The number of H-pyrrole nitrogens is 1. The molecule has 0 spiro atoms. The van der Waals surface area contributed by atoms with Crippen molar-refractivity contribution in [3.63, 3.8) is 0 Å². The van der Waals surface area contributed by atoms with Crippen LogP contribution >= 0.6 is 0 Å². The lowest BCUT2D eigenvalue weighted by atomic mass is 10.1. The third-order valence-electron chi connectivity index (χ3n) is 3.44. The van der Waals surface area contributed by atoms with Gasteiger partial charge in [-0.1, -0.05) is 19.1 Å². The summed E-state index contributed by atoms with van der Waals surface area (Å²) in [7, 11) is 0. The van der Waals surface area contributed by atoms with Gasteiger partial charge in [0.05, 0.1) is 6.54 Å². The van der Waals surface area contributed by atoms with Crippen LogP contribution in [0.25, 0.3) is 5.65 Å². The zero-order valence-electron chi connectivity index (χ0n) is 12.0. The molecule has 7 heteroatoms. The molecule has 0 saturated carbocycles. The molecule has 0 atom stereocenters. The fourth-order valence-electron chi connectivity index (χ4n) is 2.16. The summed E-state index contributed by atoms with van der Waals surface area (Å²) < 4.78 is 1.55. The van der Waals surface area contributed by atoms with Crippen molar-refractivity contribution in [2.45, 2.75) is 19.9 Å². The summed E-state index contributed by atoms with van der Waals surface area (Å²) in [5.74, 6) is 0.309. The van der Waals surface area contributed by atoms with E-state index in [1.807, 2.05) is 12.1 Å². The molecule has 2 heterocycles. The largest absolute Gasteiger partial charge is 0.345 e. The average molecular weight is 297 g/mol. The van der Waals surface area contributed by atoms with E-state index in [0.29, 0.717) is 11.4 Å². The normalized spacial score (nSPS) is 10.8. The lowest BCUT2D eigenvalue weighted by Crippen LogP contribution is -2.24. The van der Waals surface area contributed by atoms with E-state index in [-0.39, 0.29) is 23.7 Å². The first-order valence-corrected chi connectivity index (χ1v) is 6.97. The SMILES string of the molecule is CCc1ccc(C(=O)NCc2nnc3c(=O)[nH]ccn23)cc1. The fraction of sp³-hybridized carbons (Fsp3) is 0.200. The van der Waals surface area contributed by atoms with E-state index in [2.05, 4.69) is 27.4 Å². The Labute approximate surface area is 126 Å². The van der Waals surface area contributed by atoms with Gasteiger partial charge in [-0.3, -0.25) is 14.0 Å². The van der Waals surface area contributed by atoms with E-state index in [9.17, 15) is 9.59 Å². The van der Waals surface area contributed by atoms with Crippen LogP contribution in [0.5, 0.6) is 0 Å². The maximum absolute atomic E-state index is 12.1. The quantitative estimate of drug-likeness (QED) is 0.748. The predicted octanol–water partition coefficient (Wildman–Crippen LogP) is 0.910. The van der Waals surface area contributed by atoms with Crippen LogP contribution in [0.2, 0.25) is 0 Å². The molecule has 2 aromatic heterocycles. The summed E-state index contributed by atoms with van der Waals surface area (Å²) in [6, 6.07) is 7.45. The summed E-state index contributed by atoms with van der Waals surface area (Å²) in [6.07, 6.45) is 4.09. The second-order valence-corrected chi connectivity index (χ2v) is 4.83. The van der Waals surface area contributed by atoms with Crippen molar-refractivity contribution in [2.75, 3.05) is 0 Å². The number of amides is 1. The number of hydrogen-bond donors (Lipinski definition) is 2. The number of aromatic nitrogens is 4. The third kappa shape index (κ3) is 2.60. The van der Waals surface area contributed by atoms with Crippen molar-refractivity contribution in [1.29, 1.82) is 0 Å². The molecule has 3 rings (SSSR count). The maximum atomic E-state index is 12.1. The Balaban J connectivity index is 1.74. The van der Waals surface area contributed by atoms with Crippen LogP contribution in [0.15, 0.2) is 41.5 Å². The van der Waals surface area contributed by atoms with Gasteiger partial charge in [0.25, 0.3) is 11.5 Å². The van der Waals surface area contributed by atoms with Gasteiger partial charge in [-0.05, 0) is 24.1 Å². The van der Waals surface area contributed by atoms with E-state index in [4.69, 9.17) is 0 Å². The highest BCUT2D eigenvalue weighted by Gasteiger charge is 2.10. The molecule has 3 aromatic rings. The van der Waals surface area contributed by atoms with Crippen molar-refractivity contribution in [1.82, 2.24) is 24.9 Å². The van der Waals surface area contributed by atoms with Crippen LogP contribution in [0.1, 0.15) is 28.7 Å². The number of rotatable bonds is 4. The lowest BCUT2D eigenvalue weighted by molar-refractivity contribution is 0.0950. The molecule has 0 radical (unpaired) electrons. The van der Waals surface area contributed by atoms with Crippen molar-refractivity contribution < 1.29 is 4.79 Å². The topological polar surface area (TPSA) is 92.2 Å². The van der Waals surface area contributed by atoms with Crippen LogP contribution in [0.3, 0.4) is 0 Å². The number of nitrogens with one attached hydrogen (secondary N) is 2. The van der Waals surface area contributed by atoms with Crippen LogP contribution in [0.4, 0.5) is 0 Å². The van der Waals surface area contributed by atoms with E-state index < -0.39 is 0 Å². The van der Waals surface area contributed by atoms with Gasteiger partial charge in [0, 0.05) is 18.0 Å². The Morgan fingerprint density at radius 2 is 2.05 bits per heavy atom. The number of benzene rings is 1. The van der Waals surface area contributed by atoms with Gasteiger partial charge in [0.1, 0.15) is 0 Å². The third-order valence-corrected chi connectivity index (χ3v) is 3.44. The molecular weight excluding hydrogens is 282 g/mol. The number of hydrogen-bond acceptors (Lipinski definition) is 4. The first-order valence-electron chi connectivity index (χ1n) is 6.97. The van der Waals surface area contributed by atoms with Crippen LogP contribution in [0, 0.1) is 0 Å². The first kappa shape index (κ1) is 14.0. The molecule has 1 amide bonds. The minimum Gasteiger partial charge on any atom is -0.345 e. The number of carbonyl (C=O) groups excluding carboxylic acids is 1. The number of aromatic amines is 1. The summed E-state index contributed by atoms with van der Waals surface area (Å²) in [5.41, 5.74) is 1.66. The summed E-state index contributed by atoms with van der Waals surface area (Å²) in [4.78, 5) is 26.2. The van der Waals surface area contributed by atoms with Gasteiger partial charge in [-0.2, -0.15) is 0 Å². The van der Waals surface area contributed by atoms with E-state index in [1.54, 1.807) is 22.7 Å². The number of carbonyl (C=O) groups is 1. The molecule has 112 valence electrons. The minimum absolute atomic E-state index is 0.191. The van der Waals surface area contributed by atoms with E-state index in [1.165, 1.54) is 11.8 Å². The van der Waals surface area contributed by atoms with Gasteiger partial charge >= 0.3 is 0 Å². The highest BCUT2D eigenvalue weighted by molar-refractivity contribution is 5.94. The van der Waals surface area contributed by atoms with Crippen molar-refractivity contribution in [3.05, 3.63) is 64.0 Å². The molecule has 0 unspecified atom stereocenters. The van der Waals surface area contributed by atoms with Crippen molar-refractivity contribution in [2.24, 2.45) is 0 Å². The summed E-state index contributed by atoms with van der Waals surface area (Å²) in [5, 5.41) is 10.5. The predicted molar refractivity (Wildman–Crippen MR) is 80.6 cm³/mol. The van der Waals surface area contributed by atoms with Crippen molar-refractivity contribution >= 4 is 11.6 Å². The van der Waals surface area contributed by atoms with Gasteiger partial charge in [0.15, 0.2) is 5.82 Å². The van der Waals surface area contributed by atoms with Gasteiger partial charge in [-0.25, -0.2) is 0 Å². The van der Waals surface area contributed by atoms with Gasteiger partial charge < -0.3 is 10.3 Å². The van der Waals surface area contributed by atoms with Crippen LogP contribution in [-0.2, 0) is 13.0 Å². The van der Waals surface area contributed by atoms with Crippen molar-refractivity contribution in [3.8, 4) is 0 Å². The smallest absolute Gasteiger partial charge is 0.293 e. The summed E-state index contributed by atoms with van der Waals surface area (Å²) in [6.45, 7) is 2.26. The molecule has 22 heavy (non-hydrogen) atoms. The highest BCUT2D eigenvalue weighted by Crippen LogP contribution is 2.05. The van der Waals surface area contributed by atoms with Crippen LogP contribution in [-0.4, -0.2) is 25.5 Å². The van der Waals surface area contributed by atoms with E-state index in [0.717, 1.165) is 6.42 Å². The second-order valence-electron chi connectivity index (χ2n) is 4.83. The minimum atomic E-state index is -0.317. The Hall–Kier alpha value is -2.96. The van der Waals surface area contributed by atoms with E-state index >= 15 is 0 Å². The summed E-state index contributed by atoms with van der Waals surface area (Å²) >= 11 is 0. The Kier molecular flexibility index (Phi) is 3.69. The lowest BCUT2D eigenvalue weighted by Gasteiger charge is -2.05. The van der Waals surface area contributed by atoms with Crippen LogP contribution < -0.4 is 10.9 Å². The maximum Gasteiger partial charge on any atom is 0.293 e. The fourth-order valence-corrected chi connectivity index (χ4v) is 2.16. The molecule has 2 N–H and O–H groups in total. The zero-order chi connectivity index (χ0) is 15.5. The zero-order valence-corrected chi connectivity index (χ0v) is 12.0. The first-order chi connectivity index (χ1) is 10.7. The molecule has 0 saturated heterocycles. The monoisotopic (exact) mass is 297 g/mol. The standard InChI is InChI=1S/C15H15N5O2/c1-2-10-3-5-11(6-4-10)14(21)17-9-12-18-19-13-15(22)16-7-8-20(12)13/h3-8H,2,9H2,1H3,(H,16,22)(H,17,21). The molecule has 0 bridgehead atoms. The number of aryl methyl sites for hydroxylation is 1.